The second-order valence-corrected chi connectivity index (χ2v) is 9.06. The van der Waals surface area contributed by atoms with Gasteiger partial charge in [-0.1, -0.05) is 17.4 Å². The molecule has 1 saturated carbocycles. The number of benzene rings is 1. The molecule has 1 aromatic carbocycles. The summed E-state index contributed by atoms with van der Waals surface area (Å²) in [5.74, 6) is 2.37. The number of nitrogens with one attached hydrogen (secondary N) is 1. The van der Waals surface area contributed by atoms with Gasteiger partial charge in [-0.2, -0.15) is 0 Å². The Hall–Kier alpha value is -1.21. The van der Waals surface area contributed by atoms with Gasteiger partial charge in [0, 0.05) is 13.0 Å². The molecule has 2 aromatic rings. The van der Waals surface area contributed by atoms with E-state index in [-0.39, 0.29) is 18.0 Å². The normalized spacial score (nSPS) is 34.4. The fourth-order valence-corrected chi connectivity index (χ4v) is 5.63. The van der Waals surface area contributed by atoms with Crippen LogP contribution in [0.3, 0.4) is 0 Å². The second-order valence-electron chi connectivity index (χ2n) is 8.05. The van der Waals surface area contributed by atoms with Crippen molar-refractivity contribution in [3.63, 3.8) is 0 Å². The molecule has 1 aromatic heterocycles. The van der Waals surface area contributed by atoms with Crippen LogP contribution in [-0.2, 0) is 4.84 Å². The molecule has 4 saturated heterocycles. The van der Waals surface area contributed by atoms with Crippen molar-refractivity contribution in [3.8, 4) is 0 Å². The Bertz CT molecular complexity index is 872. The van der Waals surface area contributed by atoms with E-state index in [2.05, 4.69) is 28.6 Å². The number of fused-ring (bicyclic) bond motifs is 3. The largest absolute Gasteiger partial charge is 0.300 e. The zero-order chi connectivity index (χ0) is 16.4. The molecule has 1 spiro atoms. The number of aliphatic imine (C=N–C) groups is 1. The van der Waals surface area contributed by atoms with E-state index in [1.165, 1.54) is 49.0 Å². The Kier molecular flexibility index (Phi) is 4.01. The van der Waals surface area contributed by atoms with E-state index < -0.39 is 0 Å². The third-order valence-electron chi connectivity index (χ3n) is 6.34. The maximum Gasteiger partial charge on any atom is 0.211 e. The van der Waals surface area contributed by atoms with Crippen molar-refractivity contribution in [2.24, 2.45) is 10.9 Å². The molecule has 5 fully saturated rings. The molecule has 4 aliphatic heterocycles. The highest BCUT2D eigenvalue weighted by atomic mass is 35.5. The molecule has 2 bridgehead atoms. The summed E-state index contributed by atoms with van der Waals surface area (Å²) in [4.78, 5) is 18.2. The number of halogens is 1. The first-order valence-corrected chi connectivity index (χ1v) is 10.2. The SMILES string of the molecule is Cl.c1cc2sc(/N=C3/C[C@@]4(CN5CCC4CC5)ON3)nc2cc1C1CC1. The van der Waals surface area contributed by atoms with Gasteiger partial charge in [0.25, 0.3) is 0 Å². The highest BCUT2D eigenvalue weighted by molar-refractivity contribution is 7.22. The fourth-order valence-electron chi connectivity index (χ4n) is 4.79. The van der Waals surface area contributed by atoms with E-state index in [4.69, 9.17) is 14.8 Å². The number of thiazole rings is 1. The smallest absolute Gasteiger partial charge is 0.211 e. The standard InChI is InChI=1S/C19H22N4OS.ClH/c1-2-12(1)13-3-4-16-15(9-13)20-18(25-16)21-17-10-19(24-22-17)11-23-7-5-14(19)6-8-23;/h3-4,9,12,14H,1-2,5-8,10-11H2,(H,20,21,22);1H/t19-;/m0./s1. The van der Waals surface area contributed by atoms with Crippen molar-refractivity contribution in [1.82, 2.24) is 15.4 Å². The van der Waals surface area contributed by atoms with Crippen LogP contribution in [0.2, 0.25) is 0 Å². The molecule has 0 unspecified atom stereocenters. The van der Waals surface area contributed by atoms with Crippen molar-refractivity contribution in [3.05, 3.63) is 23.8 Å². The van der Waals surface area contributed by atoms with Gasteiger partial charge in [0.15, 0.2) is 0 Å². The molecule has 0 radical (unpaired) electrons. The number of hydrogen-bond donors (Lipinski definition) is 1. The summed E-state index contributed by atoms with van der Waals surface area (Å²) >= 11 is 1.67. The molecule has 7 heteroatoms. The highest BCUT2D eigenvalue weighted by Crippen LogP contribution is 2.43. The zero-order valence-electron chi connectivity index (χ0n) is 14.6. The van der Waals surface area contributed by atoms with Crippen molar-refractivity contribution in [2.45, 2.75) is 43.6 Å². The Morgan fingerprint density at radius 3 is 2.81 bits per heavy atom. The van der Waals surface area contributed by atoms with Crippen molar-refractivity contribution in [2.75, 3.05) is 19.6 Å². The predicted molar refractivity (Wildman–Crippen MR) is 107 cm³/mol. The van der Waals surface area contributed by atoms with Crippen LogP contribution >= 0.6 is 23.7 Å². The number of amidine groups is 1. The van der Waals surface area contributed by atoms with Gasteiger partial charge in [-0.25, -0.2) is 9.98 Å². The average molecular weight is 391 g/mol. The monoisotopic (exact) mass is 390 g/mol. The van der Waals surface area contributed by atoms with Crippen molar-refractivity contribution in [1.29, 1.82) is 0 Å². The Morgan fingerprint density at radius 2 is 2.08 bits per heavy atom. The fraction of sp³-hybridized carbons (Fsp3) is 0.579. The minimum atomic E-state index is -0.0643. The van der Waals surface area contributed by atoms with E-state index in [0.717, 1.165) is 35.4 Å². The summed E-state index contributed by atoms with van der Waals surface area (Å²) in [5.41, 5.74) is 5.58. The molecule has 5 nitrogen and oxygen atoms in total. The van der Waals surface area contributed by atoms with Gasteiger partial charge < -0.3 is 4.90 Å². The summed E-state index contributed by atoms with van der Waals surface area (Å²) in [6, 6.07) is 6.71. The lowest BCUT2D eigenvalue weighted by Gasteiger charge is -2.49. The molecule has 1 atom stereocenters. The van der Waals surface area contributed by atoms with Gasteiger partial charge in [0.2, 0.25) is 5.13 Å². The van der Waals surface area contributed by atoms with E-state index in [0.29, 0.717) is 5.92 Å². The molecule has 1 N–H and O–H groups in total. The van der Waals surface area contributed by atoms with Crippen molar-refractivity contribution < 1.29 is 4.84 Å². The zero-order valence-corrected chi connectivity index (χ0v) is 16.2. The third-order valence-corrected chi connectivity index (χ3v) is 7.27. The molecule has 26 heavy (non-hydrogen) atoms. The second kappa shape index (κ2) is 6.16. The lowest BCUT2D eigenvalue weighted by molar-refractivity contribution is -0.150. The van der Waals surface area contributed by atoms with Gasteiger partial charge in [-0.05, 0) is 68.3 Å². The molecule has 0 amide bonds. The lowest BCUT2D eigenvalue weighted by atomic mass is 9.74. The Labute approximate surface area is 163 Å². The average Bonchev–Trinajstić information content (AvgIpc) is 3.31. The van der Waals surface area contributed by atoms with Crippen molar-refractivity contribution >= 4 is 44.9 Å². The van der Waals surface area contributed by atoms with E-state index >= 15 is 0 Å². The first-order chi connectivity index (χ1) is 12.3. The number of piperidine rings is 3. The van der Waals surface area contributed by atoms with Crippen LogP contribution in [0, 0.1) is 5.92 Å². The molecule has 1 aliphatic carbocycles. The van der Waals surface area contributed by atoms with Gasteiger partial charge in [-0.15, -0.1) is 12.4 Å². The molecule has 7 rings (SSSR count). The number of hydroxylamine groups is 1. The van der Waals surface area contributed by atoms with Gasteiger partial charge in [-0.3, -0.25) is 10.3 Å². The Balaban J connectivity index is 0.00000150. The molecule has 5 heterocycles. The summed E-state index contributed by atoms with van der Waals surface area (Å²) in [5, 5.41) is 0.840. The Morgan fingerprint density at radius 1 is 1.23 bits per heavy atom. The number of rotatable bonds is 2. The first kappa shape index (κ1) is 16.9. The van der Waals surface area contributed by atoms with Crippen LogP contribution in [0.15, 0.2) is 23.2 Å². The quantitative estimate of drug-likeness (QED) is 0.841. The lowest BCUT2D eigenvalue weighted by Crippen LogP contribution is -2.59. The van der Waals surface area contributed by atoms with Gasteiger partial charge in [0.1, 0.15) is 11.4 Å². The van der Waals surface area contributed by atoms with Crippen LogP contribution in [0.4, 0.5) is 5.13 Å². The van der Waals surface area contributed by atoms with Crippen LogP contribution in [0.5, 0.6) is 0 Å². The molecule has 5 aliphatic rings. The topological polar surface area (TPSA) is 49.8 Å². The summed E-state index contributed by atoms with van der Waals surface area (Å²) in [6.45, 7) is 3.49. The molecular weight excluding hydrogens is 368 g/mol. The third kappa shape index (κ3) is 2.74. The van der Waals surface area contributed by atoms with Gasteiger partial charge >= 0.3 is 0 Å². The van der Waals surface area contributed by atoms with Crippen LogP contribution < -0.4 is 5.48 Å². The van der Waals surface area contributed by atoms with Gasteiger partial charge in [0.05, 0.1) is 10.2 Å². The highest BCUT2D eigenvalue weighted by Gasteiger charge is 2.52. The first-order valence-electron chi connectivity index (χ1n) is 9.42. The van der Waals surface area contributed by atoms with Crippen LogP contribution in [-0.4, -0.2) is 41.0 Å². The summed E-state index contributed by atoms with van der Waals surface area (Å²) in [6.07, 6.45) is 6.04. The summed E-state index contributed by atoms with van der Waals surface area (Å²) in [7, 11) is 0. The number of hydrogen-bond acceptors (Lipinski definition) is 5. The predicted octanol–water partition coefficient (Wildman–Crippen LogP) is 4.01. The van der Waals surface area contributed by atoms with E-state index in [1.807, 2.05) is 0 Å². The van der Waals surface area contributed by atoms with Crippen LogP contribution in [0.25, 0.3) is 10.2 Å². The maximum atomic E-state index is 6.09. The van der Waals surface area contributed by atoms with E-state index in [9.17, 15) is 0 Å². The minimum Gasteiger partial charge on any atom is -0.300 e. The minimum absolute atomic E-state index is 0. The molecule has 138 valence electrons. The maximum absolute atomic E-state index is 6.09. The van der Waals surface area contributed by atoms with Crippen LogP contribution in [0.1, 0.15) is 43.6 Å². The summed E-state index contributed by atoms with van der Waals surface area (Å²) < 4.78 is 1.22. The number of aromatic nitrogens is 1. The number of nitrogens with zero attached hydrogens (tertiary/aromatic N) is 3. The molecular formula is C19H23ClN4OS. The van der Waals surface area contributed by atoms with E-state index in [1.54, 1.807) is 11.3 Å².